The molecule has 0 bridgehead atoms. The number of carbonyl (C=O) groups is 3. The Bertz CT molecular complexity index is 199. The maximum absolute atomic E-state index is 11.2. The lowest BCUT2D eigenvalue weighted by Crippen LogP contribution is -2.47. The summed E-state index contributed by atoms with van der Waals surface area (Å²) in [6.07, 6.45) is 0.758. The van der Waals surface area contributed by atoms with Gasteiger partial charge in [-0.25, -0.2) is 4.79 Å². The number of imide groups is 1. The summed E-state index contributed by atoms with van der Waals surface area (Å²) < 4.78 is 0. The summed E-state index contributed by atoms with van der Waals surface area (Å²) in [5, 5.41) is 2.30. The second kappa shape index (κ2) is 5.29. The molecule has 0 aliphatic heterocycles. The molecule has 0 aromatic heterocycles. The van der Waals surface area contributed by atoms with Crippen LogP contribution in [0.25, 0.3) is 0 Å². The van der Waals surface area contributed by atoms with Gasteiger partial charge in [0.1, 0.15) is 6.29 Å². The highest BCUT2D eigenvalue weighted by molar-refractivity contribution is 5.96. The molecule has 13 heavy (non-hydrogen) atoms. The number of amides is 3. The van der Waals surface area contributed by atoms with Crippen LogP contribution in [0.3, 0.4) is 0 Å². The van der Waals surface area contributed by atoms with Crippen molar-refractivity contribution in [1.82, 2.24) is 10.2 Å². The Kier molecular flexibility index (Phi) is 4.72. The van der Waals surface area contributed by atoms with Gasteiger partial charge in [-0.3, -0.25) is 9.69 Å². The molecular weight excluding hydrogens is 172 g/mol. The van der Waals surface area contributed by atoms with E-state index in [0.717, 1.165) is 4.90 Å². The van der Waals surface area contributed by atoms with Crippen molar-refractivity contribution in [1.29, 1.82) is 0 Å². The minimum Gasteiger partial charge on any atom is -0.341 e. The van der Waals surface area contributed by atoms with Gasteiger partial charge in [-0.05, 0) is 6.92 Å². The lowest BCUT2D eigenvalue weighted by molar-refractivity contribution is -0.132. The van der Waals surface area contributed by atoms with Crippen molar-refractivity contribution in [3.05, 3.63) is 0 Å². The van der Waals surface area contributed by atoms with Crippen molar-refractivity contribution in [2.45, 2.75) is 26.3 Å². The summed E-state index contributed by atoms with van der Waals surface area (Å²) in [4.78, 5) is 33.7. The SMILES string of the molecule is CCC(=O)N(C(=O)NC)C(C)C=O. The molecule has 1 atom stereocenters. The monoisotopic (exact) mass is 186 g/mol. The van der Waals surface area contributed by atoms with Crippen LogP contribution in [-0.2, 0) is 9.59 Å². The predicted octanol–water partition coefficient (Wildman–Crippen LogP) is 0.152. The maximum atomic E-state index is 11.2. The lowest BCUT2D eigenvalue weighted by atomic mass is 10.3. The molecule has 3 amide bonds. The molecule has 0 rings (SSSR count). The number of hydrogen-bond donors (Lipinski definition) is 1. The summed E-state index contributed by atoms with van der Waals surface area (Å²) in [6.45, 7) is 3.13. The molecule has 1 unspecified atom stereocenters. The van der Waals surface area contributed by atoms with E-state index in [9.17, 15) is 14.4 Å². The van der Waals surface area contributed by atoms with Gasteiger partial charge in [-0.1, -0.05) is 6.92 Å². The molecule has 0 spiro atoms. The number of urea groups is 1. The summed E-state index contributed by atoms with van der Waals surface area (Å²) >= 11 is 0. The fourth-order valence-corrected chi connectivity index (χ4v) is 0.877. The van der Waals surface area contributed by atoms with Crippen molar-refractivity contribution in [3.8, 4) is 0 Å². The molecule has 5 heteroatoms. The first-order valence-corrected chi connectivity index (χ1v) is 4.07. The van der Waals surface area contributed by atoms with Gasteiger partial charge in [0.15, 0.2) is 0 Å². The summed E-state index contributed by atoms with van der Waals surface area (Å²) in [6, 6.07) is -1.26. The van der Waals surface area contributed by atoms with E-state index < -0.39 is 12.1 Å². The van der Waals surface area contributed by atoms with Gasteiger partial charge in [-0.15, -0.1) is 0 Å². The molecule has 0 aliphatic carbocycles. The van der Waals surface area contributed by atoms with Crippen molar-refractivity contribution < 1.29 is 14.4 Å². The zero-order valence-corrected chi connectivity index (χ0v) is 8.03. The maximum Gasteiger partial charge on any atom is 0.324 e. The van der Waals surface area contributed by atoms with Crippen LogP contribution >= 0.6 is 0 Å². The van der Waals surface area contributed by atoms with E-state index in [0.29, 0.717) is 6.29 Å². The molecule has 0 aromatic rings. The van der Waals surface area contributed by atoms with E-state index in [1.54, 1.807) is 6.92 Å². The summed E-state index contributed by atoms with van der Waals surface area (Å²) in [7, 11) is 1.41. The number of nitrogens with zero attached hydrogens (tertiary/aromatic N) is 1. The minimum absolute atomic E-state index is 0.200. The van der Waals surface area contributed by atoms with E-state index >= 15 is 0 Å². The fraction of sp³-hybridized carbons (Fsp3) is 0.625. The average molecular weight is 186 g/mol. The first-order valence-electron chi connectivity index (χ1n) is 4.07. The van der Waals surface area contributed by atoms with Crippen LogP contribution in [-0.4, -0.2) is 36.2 Å². The zero-order valence-electron chi connectivity index (χ0n) is 8.03. The summed E-state index contributed by atoms with van der Waals surface area (Å²) in [5.41, 5.74) is 0. The number of rotatable bonds is 3. The van der Waals surface area contributed by atoms with Gasteiger partial charge in [0.2, 0.25) is 5.91 Å². The van der Waals surface area contributed by atoms with Gasteiger partial charge in [0.25, 0.3) is 0 Å². The van der Waals surface area contributed by atoms with Gasteiger partial charge in [-0.2, -0.15) is 0 Å². The van der Waals surface area contributed by atoms with Crippen LogP contribution in [0.4, 0.5) is 4.79 Å². The average Bonchev–Trinajstić information content (AvgIpc) is 2.16. The molecular formula is C8H14N2O3. The molecule has 0 aromatic carbocycles. The van der Waals surface area contributed by atoms with Gasteiger partial charge in [0, 0.05) is 13.5 Å². The van der Waals surface area contributed by atoms with E-state index in [2.05, 4.69) is 5.32 Å². The van der Waals surface area contributed by atoms with E-state index in [1.807, 2.05) is 0 Å². The third kappa shape index (κ3) is 2.85. The van der Waals surface area contributed by atoms with Crippen LogP contribution < -0.4 is 5.32 Å². The Balaban J connectivity index is 4.63. The standard InChI is InChI=1S/C8H14N2O3/c1-4-7(12)10(6(2)5-11)8(13)9-3/h5-6H,4H2,1-3H3,(H,9,13). The zero-order chi connectivity index (χ0) is 10.4. The molecule has 5 nitrogen and oxygen atoms in total. The molecule has 0 radical (unpaired) electrons. The van der Waals surface area contributed by atoms with Crippen LogP contribution in [0.2, 0.25) is 0 Å². The third-order valence-electron chi connectivity index (χ3n) is 1.61. The number of aldehydes is 1. The largest absolute Gasteiger partial charge is 0.341 e. The fourth-order valence-electron chi connectivity index (χ4n) is 0.877. The molecule has 0 saturated carbocycles. The lowest BCUT2D eigenvalue weighted by Gasteiger charge is -2.22. The minimum atomic E-state index is -0.715. The number of nitrogens with one attached hydrogen (secondary N) is 1. The van der Waals surface area contributed by atoms with Crippen molar-refractivity contribution in [2.24, 2.45) is 0 Å². The second-order valence-electron chi connectivity index (χ2n) is 2.55. The van der Waals surface area contributed by atoms with Gasteiger partial charge < -0.3 is 10.1 Å². The van der Waals surface area contributed by atoms with Crippen LogP contribution in [0.15, 0.2) is 0 Å². The Labute approximate surface area is 77.1 Å². The van der Waals surface area contributed by atoms with E-state index in [4.69, 9.17) is 0 Å². The Morgan fingerprint density at radius 1 is 1.54 bits per heavy atom. The molecule has 74 valence electrons. The molecule has 0 aliphatic rings. The normalized spacial score (nSPS) is 11.6. The third-order valence-corrected chi connectivity index (χ3v) is 1.61. The smallest absolute Gasteiger partial charge is 0.324 e. The highest BCUT2D eigenvalue weighted by Gasteiger charge is 2.23. The Morgan fingerprint density at radius 2 is 2.08 bits per heavy atom. The van der Waals surface area contributed by atoms with E-state index in [1.165, 1.54) is 14.0 Å². The molecule has 1 N–H and O–H groups in total. The number of carbonyl (C=O) groups excluding carboxylic acids is 3. The van der Waals surface area contributed by atoms with Gasteiger partial charge in [0.05, 0.1) is 6.04 Å². The highest BCUT2D eigenvalue weighted by Crippen LogP contribution is 2.00. The van der Waals surface area contributed by atoms with Crippen LogP contribution in [0.1, 0.15) is 20.3 Å². The Morgan fingerprint density at radius 3 is 2.38 bits per heavy atom. The second-order valence-corrected chi connectivity index (χ2v) is 2.55. The number of hydrogen-bond acceptors (Lipinski definition) is 3. The Hall–Kier alpha value is -1.39. The van der Waals surface area contributed by atoms with Crippen LogP contribution in [0.5, 0.6) is 0 Å². The first-order chi connectivity index (χ1) is 6.08. The van der Waals surface area contributed by atoms with Crippen molar-refractivity contribution in [2.75, 3.05) is 7.05 Å². The topological polar surface area (TPSA) is 66.5 Å². The first kappa shape index (κ1) is 11.6. The summed E-state index contributed by atoms with van der Waals surface area (Å²) in [5.74, 6) is -0.362. The quantitative estimate of drug-likeness (QED) is 0.638. The highest BCUT2D eigenvalue weighted by atomic mass is 16.2. The molecule has 0 heterocycles. The van der Waals surface area contributed by atoms with E-state index in [-0.39, 0.29) is 12.3 Å². The van der Waals surface area contributed by atoms with Crippen LogP contribution in [0, 0.1) is 0 Å². The van der Waals surface area contributed by atoms with Crippen molar-refractivity contribution >= 4 is 18.2 Å². The predicted molar refractivity (Wildman–Crippen MR) is 47.1 cm³/mol. The van der Waals surface area contributed by atoms with Crippen molar-refractivity contribution in [3.63, 3.8) is 0 Å². The molecule has 0 fully saturated rings. The van der Waals surface area contributed by atoms with Gasteiger partial charge >= 0.3 is 6.03 Å². The molecule has 0 saturated heterocycles.